The summed E-state index contributed by atoms with van der Waals surface area (Å²) in [5, 5.41) is 23.3. The second-order valence-corrected chi connectivity index (χ2v) is 9.99. The van der Waals surface area contributed by atoms with Gasteiger partial charge in [0.05, 0.1) is 23.4 Å². The summed E-state index contributed by atoms with van der Waals surface area (Å²) in [7, 11) is 0. The van der Waals surface area contributed by atoms with Crippen molar-refractivity contribution in [2.45, 2.75) is 50.5 Å². The van der Waals surface area contributed by atoms with Crippen LogP contribution < -0.4 is 5.32 Å². The van der Waals surface area contributed by atoms with Gasteiger partial charge in [0.1, 0.15) is 16.7 Å². The molecule has 0 aliphatic heterocycles. The van der Waals surface area contributed by atoms with Gasteiger partial charge in [0.15, 0.2) is 17.3 Å². The average Bonchev–Trinajstić information content (AvgIpc) is 3.59. The second kappa shape index (κ2) is 7.91. The van der Waals surface area contributed by atoms with E-state index in [1.165, 1.54) is 6.20 Å². The van der Waals surface area contributed by atoms with E-state index in [2.05, 4.69) is 31.3 Å². The summed E-state index contributed by atoms with van der Waals surface area (Å²) < 4.78 is 15.9. The van der Waals surface area contributed by atoms with Crippen LogP contribution in [0.2, 0.25) is 5.15 Å². The maximum Gasteiger partial charge on any atom is 0.308 e. The van der Waals surface area contributed by atoms with Crippen molar-refractivity contribution in [3.63, 3.8) is 0 Å². The molecule has 3 N–H and O–H groups in total. The predicted molar refractivity (Wildman–Crippen MR) is 123 cm³/mol. The lowest BCUT2D eigenvalue weighted by Crippen LogP contribution is -2.51. The highest BCUT2D eigenvalue weighted by atomic mass is 35.5. The van der Waals surface area contributed by atoms with E-state index in [0.29, 0.717) is 28.0 Å². The molecule has 2 atom stereocenters. The number of nitrogens with one attached hydrogen (secondary N) is 2. The lowest BCUT2D eigenvalue weighted by atomic mass is 9.61. The molecule has 3 aromatic heterocycles. The van der Waals surface area contributed by atoms with Gasteiger partial charge in [-0.3, -0.25) is 4.79 Å². The standard InChI is InChI=1S/C24H22ClFN6O2/c25-15-9-29-23-21(30-15)14(8-28-23)20-13(7-27)16(10-1-2-10)18(26)22(32-20)31-19-12-5-3-11(4-6-12)17(19)24(33)34/h8-12,17,19H,1-6H2,(H,28,29)(H,31,32)(H,33,34)/t11?,12?,17-,19-/m1/s1. The molecular weight excluding hydrogens is 459 g/mol. The van der Waals surface area contributed by atoms with Gasteiger partial charge in [0.25, 0.3) is 0 Å². The van der Waals surface area contributed by atoms with E-state index in [4.69, 9.17) is 11.6 Å². The van der Waals surface area contributed by atoms with Gasteiger partial charge in [-0.1, -0.05) is 11.6 Å². The molecule has 34 heavy (non-hydrogen) atoms. The quantitative estimate of drug-likeness (QED) is 0.475. The summed E-state index contributed by atoms with van der Waals surface area (Å²) in [5.41, 5.74) is 2.24. The third kappa shape index (κ3) is 3.31. The maximum atomic E-state index is 15.9. The first kappa shape index (κ1) is 21.3. The lowest BCUT2D eigenvalue weighted by molar-refractivity contribution is -0.148. The Morgan fingerprint density at radius 2 is 1.94 bits per heavy atom. The number of carbonyl (C=O) groups is 1. The van der Waals surface area contributed by atoms with E-state index in [0.717, 1.165) is 38.5 Å². The fourth-order valence-corrected chi connectivity index (χ4v) is 6.09. The number of nitrogens with zero attached hydrogens (tertiary/aromatic N) is 4. The molecule has 4 fully saturated rings. The number of carboxylic acid groups (broad SMARTS) is 1. The summed E-state index contributed by atoms with van der Waals surface area (Å²) in [6.45, 7) is 0. The summed E-state index contributed by atoms with van der Waals surface area (Å²) in [5.74, 6) is -1.83. The molecule has 8 nitrogen and oxygen atoms in total. The van der Waals surface area contributed by atoms with Crippen LogP contribution in [0.15, 0.2) is 12.4 Å². The molecule has 4 aliphatic carbocycles. The van der Waals surface area contributed by atoms with Crippen LogP contribution in [0.1, 0.15) is 55.6 Å². The Bertz CT molecular complexity index is 1360. The molecule has 0 unspecified atom stereocenters. The minimum absolute atomic E-state index is 0.00374. The molecule has 3 heterocycles. The zero-order chi connectivity index (χ0) is 23.6. The number of hydrogen-bond donors (Lipinski definition) is 3. The fraction of sp³-hybridized carbons (Fsp3) is 0.458. The van der Waals surface area contributed by atoms with Crippen molar-refractivity contribution in [3.05, 3.63) is 34.5 Å². The first-order valence-electron chi connectivity index (χ1n) is 11.6. The van der Waals surface area contributed by atoms with Crippen molar-refractivity contribution in [1.82, 2.24) is 19.9 Å². The molecule has 3 aromatic rings. The number of H-pyrrole nitrogens is 1. The normalized spacial score (nSPS) is 25.9. The predicted octanol–water partition coefficient (Wildman–Crippen LogP) is 4.86. The first-order valence-corrected chi connectivity index (χ1v) is 12.0. The van der Waals surface area contributed by atoms with Crippen LogP contribution in [0.25, 0.3) is 22.4 Å². The van der Waals surface area contributed by atoms with E-state index in [1.54, 1.807) is 6.20 Å². The van der Waals surface area contributed by atoms with Crippen LogP contribution >= 0.6 is 11.6 Å². The molecule has 4 aliphatic rings. The Morgan fingerprint density at radius 1 is 1.21 bits per heavy atom. The minimum atomic E-state index is -0.856. The maximum absolute atomic E-state index is 15.9. The van der Waals surface area contributed by atoms with Crippen LogP contribution in [-0.4, -0.2) is 37.1 Å². The molecule has 0 radical (unpaired) electrons. The van der Waals surface area contributed by atoms with Crippen molar-refractivity contribution in [1.29, 1.82) is 5.26 Å². The van der Waals surface area contributed by atoms with Gasteiger partial charge in [0.2, 0.25) is 0 Å². The molecule has 7 rings (SSSR count). The second-order valence-electron chi connectivity index (χ2n) is 9.60. The van der Waals surface area contributed by atoms with Gasteiger partial charge >= 0.3 is 5.97 Å². The van der Waals surface area contributed by atoms with E-state index >= 15 is 4.39 Å². The monoisotopic (exact) mass is 480 g/mol. The van der Waals surface area contributed by atoms with Crippen LogP contribution in [0.5, 0.6) is 0 Å². The van der Waals surface area contributed by atoms with Crippen molar-refractivity contribution < 1.29 is 14.3 Å². The van der Waals surface area contributed by atoms with Crippen LogP contribution in [-0.2, 0) is 4.79 Å². The molecule has 0 saturated heterocycles. The molecule has 0 spiro atoms. The summed E-state index contributed by atoms with van der Waals surface area (Å²) in [4.78, 5) is 28.3. The largest absolute Gasteiger partial charge is 0.481 e. The van der Waals surface area contributed by atoms with Crippen molar-refractivity contribution in [2.75, 3.05) is 5.32 Å². The number of anilines is 1. The van der Waals surface area contributed by atoms with Gasteiger partial charge in [0, 0.05) is 23.4 Å². The molecule has 0 amide bonds. The van der Waals surface area contributed by atoms with E-state index in [1.807, 2.05) is 0 Å². The van der Waals surface area contributed by atoms with Crippen molar-refractivity contribution >= 4 is 34.6 Å². The average molecular weight is 481 g/mol. The minimum Gasteiger partial charge on any atom is -0.481 e. The topological polar surface area (TPSA) is 128 Å². The Kier molecular flexibility index (Phi) is 4.96. The number of aliphatic carboxylic acids is 1. The Morgan fingerprint density at radius 3 is 2.62 bits per heavy atom. The number of fused-ring (bicyclic) bond motifs is 4. The summed E-state index contributed by atoms with van der Waals surface area (Å²) in [6.07, 6.45) is 8.25. The fourth-order valence-electron chi connectivity index (χ4n) is 5.96. The molecule has 174 valence electrons. The van der Waals surface area contributed by atoms with E-state index < -0.39 is 23.7 Å². The third-order valence-electron chi connectivity index (χ3n) is 7.69. The Hall–Kier alpha value is -3.25. The van der Waals surface area contributed by atoms with Crippen molar-refractivity contribution in [3.8, 4) is 17.3 Å². The third-order valence-corrected chi connectivity index (χ3v) is 7.87. The number of rotatable bonds is 5. The van der Waals surface area contributed by atoms with Crippen LogP contribution in [0.3, 0.4) is 0 Å². The number of aromatic nitrogens is 4. The van der Waals surface area contributed by atoms with Gasteiger partial charge in [-0.05, 0) is 56.3 Å². The summed E-state index contributed by atoms with van der Waals surface area (Å²) in [6, 6.07) is 1.75. The zero-order valence-electron chi connectivity index (χ0n) is 18.2. The molecule has 10 heteroatoms. The highest BCUT2D eigenvalue weighted by Crippen LogP contribution is 2.49. The van der Waals surface area contributed by atoms with Gasteiger partial charge < -0.3 is 15.4 Å². The highest BCUT2D eigenvalue weighted by molar-refractivity contribution is 6.29. The Labute approximate surface area is 199 Å². The molecule has 0 aromatic carbocycles. The Balaban J connectivity index is 1.51. The number of nitriles is 1. The number of hydrogen-bond acceptors (Lipinski definition) is 6. The number of halogens is 2. The van der Waals surface area contributed by atoms with Crippen molar-refractivity contribution in [2.24, 2.45) is 17.8 Å². The molecular formula is C24H22ClFN6O2. The zero-order valence-corrected chi connectivity index (χ0v) is 18.9. The van der Waals surface area contributed by atoms with Gasteiger partial charge in [-0.2, -0.15) is 5.26 Å². The van der Waals surface area contributed by atoms with Crippen LogP contribution in [0.4, 0.5) is 10.2 Å². The SMILES string of the molecule is N#Cc1c(-c2c[nH]c3ncc(Cl)nc23)nc(N[C@@H]2C3CCC(CC3)[C@H]2C(=O)O)c(F)c1C1CC1. The number of carboxylic acids is 1. The number of pyridine rings is 1. The molecule has 2 bridgehead atoms. The van der Waals surface area contributed by atoms with Crippen LogP contribution in [0, 0.1) is 34.9 Å². The van der Waals surface area contributed by atoms with Gasteiger partial charge in [-0.25, -0.2) is 19.3 Å². The molecule has 4 saturated carbocycles. The smallest absolute Gasteiger partial charge is 0.308 e. The van der Waals surface area contributed by atoms with E-state index in [9.17, 15) is 15.2 Å². The van der Waals surface area contributed by atoms with E-state index in [-0.39, 0.29) is 34.3 Å². The lowest BCUT2D eigenvalue weighted by Gasteiger charge is -2.47. The number of aromatic amines is 1. The first-order chi connectivity index (χ1) is 16.5. The highest BCUT2D eigenvalue weighted by Gasteiger charge is 2.48. The summed E-state index contributed by atoms with van der Waals surface area (Å²) >= 11 is 6.07. The van der Waals surface area contributed by atoms with Gasteiger partial charge in [-0.15, -0.1) is 0 Å².